The molecule has 0 aromatic carbocycles. The number of hydrogen-bond donors (Lipinski definition) is 1. The summed E-state index contributed by atoms with van der Waals surface area (Å²) in [6, 6.07) is 0.172. The molecule has 23 heavy (non-hydrogen) atoms. The lowest BCUT2D eigenvalue weighted by Crippen LogP contribution is -2.41. The Morgan fingerprint density at radius 3 is 2.57 bits per heavy atom. The van der Waals surface area contributed by atoms with Crippen molar-refractivity contribution in [3.8, 4) is 0 Å². The minimum absolute atomic E-state index is 0.172. The van der Waals surface area contributed by atoms with Gasteiger partial charge in [0.25, 0.3) is 0 Å². The van der Waals surface area contributed by atoms with Crippen molar-refractivity contribution in [2.75, 3.05) is 33.2 Å². The maximum Gasteiger partial charge on any atom is 0.243 e. The van der Waals surface area contributed by atoms with Gasteiger partial charge in [-0.15, -0.1) is 0 Å². The van der Waals surface area contributed by atoms with Gasteiger partial charge in [-0.25, -0.2) is 0 Å². The van der Waals surface area contributed by atoms with Gasteiger partial charge >= 0.3 is 0 Å². The summed E-state index contributed by atoms with van der Waals surface area (Å²) < 4.78 is 5.46. The van der Waals surface area contributed by atoms with Gasteiger partial charge < -0.3 is 14.5 Å². The molecule has 0 spiro atoms. The van der Waals surface area contributed by atoms with Crippen LogP contribution < -0.4 is 0 Å². The van der Waals surface area contributed by atoms with Crippen LogP contribution in [0.15, 0.2) is 4.52 Å². The lowest BCUT2D eigenvalue weighted by Gasteiger charge is -2.35. The molecule has 1 N–H and O–H groups in total. The Bertz CT molecular complexity index is 493. The van der Waals surface area contributed by atoms with Crippen molar-refractivity contribution in [1.29, 1.82) is 0 Å². The van der Waals surface area contributed by atoms with Crippen molar-refractivity contribution in [3.05, 3.63) is 11.7 Å². The maximum atomic E-state index is 9.49. The Kier molecular flexibility index (Phi) is 5.34. The van der Waals surface area contributed by atoms with Gasteiger partial charge in [-0.1, -0.05) is 5.16 Å². The first-order chi connectivity index (χ1) is 11.0. The van der Waals surface area contributed by atoms with Crippen LogP contribution in [-0.4, -0.2) is 64.4 Å². The van der Waals surface area contributed by atoms with Crippen LogP contribution in [0.3, 0.4) is 0 Å². The Balaban J connectivity index is 1.45. The fraction of sp³-hybridized carbons (Fsp3) is 0.882. The third-order valence-electron chi connectivity index (χ3n) is 5.19. The van der Waals surface area contributed by atoms with E-state index < -0.39 is 0 Å². The van der Waals surface area contributed by atoms with E-state index in [4.69, 9.17) is 4.52 Å². The van der Waals surface area contributed by atoms with Gasteiger partial charge in [-0.05, 0) is 65.6 Å². The molecule has 1 aromatic rings. The van der Waals surface area contributed by atoms with Crippen LogP contribution in [0, 0.1) is 5.92 Å². The van der Waals surface area contributed by atoms with E-state index in [0.29, 0.717) is 11.8 Å². The van der Waals surface area contributed by atoms with Crippen molar-refractivity contribution in [3.63, 3.8) is 0 Å². The smallest absolute Gasteiger partial charge is 0.243 e. The van der Waals surface area contributed by atoms with Crippen LogP contribution in [0.2, 0.25) is 0 Å². The Morgan fingerprint density at radius 2 is 1.96 bits per heavy atom. The lowest BCUT2D eigenvalue weighted by molar-refractivity contribution is 0.0860. The number of aliphatic hydroxyl groups is 1. The standard InChI is InChI=1S/C17H30N4O2/c1-12(22)10-21-8-6-14(7-9-21)11-20(3)13(2)17-18-16(19-23-17)15-4-5-15/h12-15,22H,4-11H2,1-3H3/t12-,13-/m0/s1. The van der Waals surface area contributed by atoms with Crippen molar-refractivity contribution in [2.45, 2.75) is 57.6 Å². The highest BCUT2D eigenvalue weighted by Gasteiger charge is 2.30. The Morgan fingerprint density at radius 1 is 1.26 bits per heavy atom. The Hall–Kier alpha value is -0.980. The molecule has 2 fully saturated rings. The van der Waals surface area contributed by atoms with Gasteiger partial charge in [0.1, 0.15) is 0 Å². The highest BCUT2D eigenvalue weighted by atomic mass is 16.5. The second kappa shape index (κ2) is 7.28. The predicted octanol–water partition coefficient (Wildman–Crippen LogP) is 2.03. The fourth-order valence-corrected chi connectivity index (χ4v) is 3.40. The second-order valence-corrected chi connectivity index (χ2v) is 7.47. The molecule has 1 saturated carbocycles. The number of rotatable bonds is 7. The molecule has 1 aromatic heterocycles. The fourth-order valence-electron chi connectivity index (χ4n) is 3.40. The summed E-state index contributed by atoms with van der Waals surface area (Å²) in [6.45, 7) is 8.04. The number of aromatic nitrogens is 2. The molecular formula is C17H30N4O2. The van der Waals surface area contributed by atoms with Crippen molar-refractivity contribution in [1.82, 2.24) is 19.9 Å². The zero-order valence-electron chi connectivity index (χ0n) is 14.6. The molecule has 1 aliphatic carbocycles. The summed E-state index contributed by atoms with van der Waals surface area (Å²) >= 11 is 0. The normalized spacial score (nSPS) is 23.3. The van der Waals surface area contributed by atoms with Crippen molar-refractivity contribution < 1.29 is 9.63 Å². The van der Waals surface area contributed by atoms with Gasteiger partial charge in [-0.2, -0.15) is 4.98 Å². The molecule has 3 rings (SSSR count). The van der Waals surface area contributed by atoms with E-state index in [2.05, 4.69) is 33.9 Å². The predicted molar refractivity (Wildman–Crippen MR) is 88.2 cm³/mol. The average molecular weight is 322 g/mol. The molecule has 2 atom stereocenters. The summed E-state index contributed by atoms with van der Waals surface area (Å²) in [4.78, 5) is 9.27. The molecule has 2 aliphatic rings. The topological polar surface area (TPSA) is 65.6 Å². The van der Waals surface area contributed by atoms with Gasteiger partial charge in [0.05, 0.1) is 12.1 Å². The highest BCUT2D eigenvalue weighted by molar-refractivity contribution is 5.04. The molecule has 0 bridgehead atoms. The van der Waals surface area contributed by atoms with Crippen LogP contribution in [0.5, 0.6) is 0 Å². The van der Waals surface area contributed by atoms with E-state index >= 15 is 0 Å². The molecular weight excluding hydrogens is 292 g/mol. The van der Waals surface area contributed by atoms with Crippen LogP contribution in [-0.2, 0) is 0 Å². The largest absolute Gasteiger partial charge is 0.392 e. The van der Waals surface area contributed by atoms with Crippen LogP contribution >= 0.6 is 0 Å². The zero-order valence-corrected chi connectivity index (χ0v) is 14.6. The van der Waals surface area contributed by atoms with E-state index in [-0.39, 0.29) is 12.1 Å². The number of likely N-dealkylation sites (tertiary alicyclic amines) is 1. The van der Waals surface area contributed by atoms with E-state index in [9.17, 15) is 5.11 Å². The molecule has 0 amide bonds. The first-order valence-corrected chi connectivity index (χ1v) is 8.97. The SMILES string of the molecule is C[C@H](O)CN1CCC(CN(C)[C@@H](C)c2nc(C3CC3)no2)CC1. The Labute approximate surface area is 138 Å². The molecule has 130 valence electrons. The molecule has 6 nitrogen and oxygen atoms in total. The lowest BCUT2D eigenvalue weighted by atomic mass is 9.95. The van der Waals surface area contributed by atoms with Gasteiger partial charge in [0.2, 0.25) is 5.89 Å². The zero-order chi connectivity index (χ0) is 16.4. The van der Waals surface area contributed by atoms with E-state index in [0.717, 1.165) is 37.9 Å². The quantitative estimate of drug-likeness (QED) is 0.828. The molecule has 0 radical (unpaired) electrons. The van der Waals surface area contributed by atoms with Crippen LogP contribution in [0.25, 0.3) is 0 Å². The first kappa shape index (κ1) is 16.9. The molecule has 1 saturated heterocycles. The maximum absolute atomic E-state index is 9.49. The minimum atomic E-state index is -0.229. The number of hydrogen-bond acceptors (Lipinski definition) is 6. The monoisotopic (exact) mass is 322 g/mol. The summed E-state index contributed by atoms with van der Waals surface area (Å²) in [6.07, 6.45) is 4.57. The van der Waals surface area contributed by atoms with Gasteiger partial charge in [0.15, 0.2) is 5.82 Å². The van der Waals surface area contributed by atoms with Gasteiger partial charge in [-0.3, -0.25) is 4.90 Å². The number of piperidine rings is 1. The average Bonchev–Trinajstić information content (AvgIpc) is 3.25. The third-order valence-corrected chi connectivity index (χ3v) is 5.19. The molecule has 0 unspecified atom stereocenters. The van der Waals surface area contributed by atoms with Gasteiger partial charge in [0, 0.05) is 19.0 Å². The molecule has 1 aliphatic heterocycles. The summed E-state index contributed by atoms with van der Waals surface area (Å²) in [5.41, 5.74) is 0. The van der Waals surface area contributed by atoms with Crippen LogP contribution in [0.1, 0.15) is 63.2 Å². The van der Waals surface area contributed by atoms with Crippen molar-refractivity contribution >= 4 is 0 Å². The summed E-state index contributed by atoms with van der Waals surface area (Å²) in [5.74, 6) is 2.90. The molecule has 2 heterocycles. The molecule has 6 heteroatoms. The highest BCUT2D eigenvalue weighted by Crippen LogP contribution is 2.38. The van der Waals surface area contributed by atoms with E-state index in [1.54, 1.807) is 0 Å². The van der Waals surface area contributed by atoms with Crippen LogP contribution in [0.4, 0.5) is 0 Å². The summed E-state index contributed by atoms with van der Waals surface area (Å²) in [7, 11) is 2.15. The minimum Gasteiger partial charge on any atom is -0.392 e. The first-order valence-electron chi connectivity index (χ1n) is 8.97. The second-order valence-electron chi connectivity index (χ2n) is 7.47. The number of nitrogens with zero attached hydrogens (tertiary/aromatic N) is 4. The van der Waals surface area contributed by atoms with Crippen molar-refractivity contribution in [2.24, 2.45) is 5.92 Å². The number of β-amino-alcohol motifs (C(OH)–C–C–N with tert-alkyl or cyclic N) is 1. The third kappa shape index (κ3) is 4.52. The van der Waals surface area contributed by atoms with E-state index in [1.807, 2.05) is 6.92 Å². The summed E-state index contributed by atoms with van der Waals surface area (Å²) in [5, 5.41) is 13.6. The van der Waals surface area contributed by atoms with E-state index in [1.165, 1.54) is 25.7 Å². The number of aliphatic hydroxyl groups excluding tert-OH is 1.